The minimum absolute atomic E-state index is 0.0282. The number of hydrogen-bond donors (Lipinski definition) is 0. The van der Waals surface area contributed by atoms with E-state index in [0.29, 0.717) is 36.7 Å². The molecule has 5 rings (SSSR count). The normalized spacial score (nSPS) is 21.9. The predicted octanol–water partition coefficient (Wildman–Crippen LogP) is 6.01. The van der Waals surface area contributed by atoms with Crippen LogP contribution in [-0.2, 0) is 12.4 Å². The van der Waals surface area contributed by atoms with Gasteiger partial charge in [0.25, 0.3) is 5.56 Å². The number of nitrogens with zero attached hydrogens (tertiary/aromatic N) is 4. The summed E-state index contributed by atoms with van der Waals surface area (Å²) in [5.74, 6) is -0.239. The Hall–Kier alpha value is -3.37. The zero-order chi connectivity index (χ0) is 26.0. The SMILES string of the molecule is Cc1cccc(-n2c([C@@H]3[C@H]4CC[C@H](C4)N3c3cc(C(F)(F)F)cc(C(F)(F)F)n3)nc(C)cc2=O)c1. The van der Waals surface area contributed by atoms with Gasteiger partial charge in [0, 0.05) is 17.8 Å². The standard InChI is InChI=1S/C25H22F6N4O/c1-13-4-3-5-17(8-13)35-21(36)9-14(2)32-23(35)22-15-6-7-18(10-15)34(22)20-12-16(24(26,27)28)11-19(33-20)25(29,30)31/h3-5,8-9,11-12,15,18,22H,6-7,10H2,1-2H3/t15-,18+,22-/m0/s1. The van der Waals surface area contributed by atoms with E-state index in [9.17, 15) is 31.1 Å². The summed E-state index contributed by atoms with van der Waals surface area (Å²) >= 11 is 0. The monoisotopic (exact) mass is 508 g/mol. The van der Waals surface area contributed by atoms with Gasteiger partial charge in [-0.25, -0.2) is 9.97 Å². The zero-order valence-corrected chi connectivity index (χ0v) is 19.4. The number of halogens is 6. The third-order valence-electron chi connectivity index (χ3n) is 6.88. The minimum Gasteiger partial charge on any atom is -0.343 e. The summed E-state index contributed by atoms with van der Waals surface area (Å²) in [5.41, 5.74) is -1.59. The Kier molecular flexibility index (Phi) is 5.64. The Balaban J connectivity index is 1.72. The van der Waals surface area contributed by atoms with Gasteiger partial charge in [-0.3, -0.25) is 9.36 Å². The van der Waals surface area contributed by atoms with Crippen LogP contribution in [0.25, 0.3) is 5.69 Å². The van der Waals surface area contributed by atoms with Gasteiger partial charge in [-0.15, -0.1) is 0 Å². The first-order chi connectivity index (χ1) is 16.8. The number of piperidine rings is 1. The third-order valence-corrected chi connectivity index (χ3v) is 6.88. The van der Waals surface area contributed by atoms with Gasteiger partial charge in [-0.05, 0) is 68.9 Å². The molecule has 1 saturated heterocycles. The van der Waals surface area contributed by atoms with Gasteiger partial charge >= 0.3 is 12.4 Å². The molecule has 2 aliphatic rings. The first-order valence-electron chi connectivity index (χ1n) is 11.5. The molecule has 0 amide bonds. The van der Waals surface area contributed by atoms with Gasteiger partial charge in [-0.2, -0.15) is 26.3 Å². The molecule has 2 fully saturated rings. The molecule has 1 aliphatic carbocycles. The smallest absolute Gasteiger partial charge is 0.343 e. The summed E-state index contributed by atoms with van der Waals surface area (Å²) in [6.07, 6.45) is -8.18. The number of fused-ring (bicyclic) bond motifs is 2. The van der Waals surface area contributed by atoms with Crippen molar-refractivity contribution in [1.29, 1.82) is 0 Å². The first kappa shape index (κ1) is 24.3. The molecule has 3 heterocycles. The number of alkyl halides is 6. The van der Waals surface area contributed by atoms with Crippen LogP contribution in [0.4, 0.5) is 32.2 Å². The lowest BCUT2D eigenvalue weighted by molar-refractivity contribution is -0.145. The highest BCUT2D eigenvalue weighted by molar-refractivity contribution is 5.50. The fourth-order valence-electron chi connectivity index (χ4n) is 5.45. The van der Waals surface area contributed by atoms with E-state index in [1.807, 2.05) is 13.0 Å². The van der Waals surface area contributed by atoms with Crippen LogP contribution in [0.1, 0.15) is 53.6 Å². The second kappa shape index (κ2) is 8.35. The van der Waals surface area contributed by atoms with Crippen LogP contribution in [-0.4, -0.2) is 20.6 Å². The van der Waals surface area contributed by atoms with E-state index in [4.69, 9.17) is 0 Å². The quantitative estimate of drug-likeness (QED) is 0.407. The summed E-state index contributed by atoms with van der Waals surface area (Å²) < 4.78 is 82.8. The zero-order valence-electron chi connectivity index (χ0n) is 19.4. The van der Waals surface area contributed by atoms with Gasteiger partial charge in [-0.1, -0.05) is 12.1 Å². The fraction of sp³-hybridized carbons (Fsp3) is 0.400. The average molecular weight is 508 g/mol. The van der Waals surface area contributed by atoms with Crippen molar-refractivity contribution in [2.24, 2.45) is 5.92 Å². The second-order valence-electron chi connectivity index (χ2n) is 9.44. The minimum atomic E-state index is -5.06. The van der Waals surface area contributed by atoms with Gasteiger partial charge in [0.2, 0.25) is 0 Å². The number of hydrogen-bond acceptors (Lipinski definition) is 4. The lowest BCUT2D eigenvalue weighted by Crippen LogP contribution is -2.40. The Morgan fingerprint density at radius 2 is 1.67 bits per heavy atom. The van der Waals surface area contributed by atoms with Gasteiger partial charge in [0.05, 0.1) is 17.3 Å². The number of anilines is 1. The number of benzene rings is 1. The highest BCUT2D eigenvalue weighted by Crippen LogP contribution is 2.52. The molecule has 0 N–H and O–H groups in total. The number of pyridine rings is 1. The third kappa shape index (κ3) is 4.24. The van der Waals surface area contributed by atoms with Crippen molar-refractivity contribution >= 4 is 5.82 Å². The molecule has 2 aromatic heterocycles. The molecule has 0 unspecified atom stereocenters. The molecule has 190 valence electrons. The lowest BCUT2D eigenvalue weighted by atomic mass is 9.97. The lowest BCUT2D eigenvalue weighted by Gasteiger charge is -2.37. The second-order valence-corrected chi connectivity index (χ2v) is 9.44. The summed E-state index contributed by atoms with van der Waals surface area (Å²) in [4.78, 5) is 22.9. The summed E-state index contributed by atoms with van der Waals surface area (Å²) in [5, 5.41) is 0. The van der Waals surface area contributed by atoms with Crippen molar-refractivity contribution in [3.63, 3.8) is 0 Å². The molecule has 3 atom stereocenters. The summed E-state index contributed by atoms with van der Waals surface area (Å²) in [7, 11) is 0. The molecule has 1 saturated carbocycles. The first-order valence-corrected chi connectivity index (χ1v) is 11.5. The highest BCUT2D eigenvalue weighted by atomic mass is 19.4. The maximum absolute atomic E-state index is 13.6. The Morgan fingerprint density at radius 3 is 2.33 bits per heavy atom. The van der Waals surface area contributed by atoms with E-state index in [1.54, 1.807) is 25.1 Å². The maximum atomic E-state index is 13.6. The molecular weight excluding hydrogens is 486 g/mol. The average Bonchev–Trinajstić information content (AvgIpc) is 3.39. The maximum Gasteiger partial charge on any atom is 0.433 e. The molecular formula is C25H22F6N4O. The molecule has 0 spiro atoms. The Morgan fingerprint density at radius 1 is 0.917 bits per heavy atom. The predicted molar refractivity (Wildman–Crippen MR) is 120 cm³/mol. The Bertz CT molecular complexity index is 1350. The topological polar surface area (TPSA) is 51.0 Å². The van der Waals surface area contributed by atoms with Crippen LogP contribution in [0, 0.1) is 19.8 Å². The van der Waals surface area contributed by atoms with E-state index >= 15 is 0 Å². The van der Waals surface area contributed by atoms with Gasteiger partial charge < -0.3 is 4.90 Å². The van der Waals surface area contributed by atoms with E-state index in [1.165, 1.54) is 15.5 Å². The van der Waals surface area contributed by atoms with Crippen molar-refractivity contribution in [2.75, 3.05) is 4.90 Å². The molecule has 1 aliphatic heterocycles. The van der Waals surface area contributed by atoms with Crippen LogP contribution in [0.15, 0.2) is 47.3 Å². The highest BCUT2D eigenvalue weighted by Gasteiger charge is 2.50. The van der Waals surface area contributed by atoms with Gasteiger partial charge in [0.1, 0.15) is 17.3 Å². The molecule has 5 nitrogen and oxygen atoms in total. The molecule has 1 aromatic carbocycles. The van der Waals surface area contributed by atoms with Crippen molar-refractivity contribution in [3.8, 4) is 5.69 Å². The van der Waals surface area contributed by atoms with Gasteiger partial charge in [0.15, 0.2) is 0 Å². The van der Waals surface area contributed by atoms with E-state index in [2.05, 4.69) is 9.97 Å². The van der Waals surface area contributed by atoms with E-state index in [0.717, 1.165) is 5.56 Å². The van der Waals surface area contributed by atoms with Crippen LogP contribution >= 0.6 is 0 Å². The fourth-order valence-corrected chi connectivity index (χ4v) is 5.45. The number of rotatable bonds is 3. The molecule has 3 aromatic rings. The van der Waals surface area contributed by atoms with Crippen LogP contribution in [0.3, 0.4) is 0 Å². The van der Waals surface area contributed by atoms with Crippen LogP contribution in [0.5, 0.6) is 0 Å². The van der Waals surface area contributed by atoms with E-state index < -0.39 is 35.5 Å². The summed E-state index contributed by atoms with van der Waals surface area (Å²) in [6, 6.07) is 8.13. The molecule has 11 heteroatoms. The van der Waals surface area contributed by atoms with Crippen molar-refractivity contribution in [3.05, 3.63) is 81.2 Å². The van der Waals surface area contributed by atoms with Crippen LogP contribution in [0.2, 0.25) is 0 Å². The number of aromatic nitrogens is 3. The van der Waals surface area contributed by atoms with Crippen molar-refractivity contribution in [2.45, 2.75) is 57.5 Å². The summed E-state index contributed by atoms with van der Waals surface area (Å²) in [6.45, 7) is 3.48. The van der Waals surface area contributed by atoms with Crippen molar-refractivity contribution in [1.82, 2.24) is 14.5 Å². The molecule has 36 heavy (non-hydrogen) atoms. The van der Waals surface area contributed by atoms with E-state index in [-0.39, 0.29) is 29.4 Å². The molecule has 0 radical (unpaired) electrons. The van der Waals surface area contributed by atoms with Crippen LogP contribution < -0.4 is 10.5 Å². The number of aryl methyl sites for hydroxylation is 2. The van der Waals surface area contributed by atoms with Crippen molar-refractivity contribution < 1.29 is 26.3 Å². The Labute approximate surface area is 202 Å². The molecule has 2 bridgehead atoms. The largest absolute Gasteiger partial charge is 0.433 e.